The molecule has 0 saturated heterocycles. The number of Topliss-reactive ketones (excluding diaryl/α,β-unsaturated/α-hetero) is 1. The van der Waals surface area contributed by atoms with E-state index < -0.39 is 17.9 Å². The smallest absolute Gasteiger partial charge is 0.336 e. The van der Waals surface area contributed by atoms with Gasteiger partial charge in [-0.3, -0.25) is 9.59 Å². The Morgan fingerprint density at radius 2 is 1.90 bits per heavy atom. The van der Waals surface area contributed by atoms with Crippen LogP contribution in [0.1, 0.15) is 58.9 Å². The first-order chi connectivity index (χ1) is 14.6. The molecule has 7 heteroatoms. The molecule has 2 aliphatic rings. The zero-order valence-corrected chi connectivity index (χ0v) is 18.9. The zero-order valence-electron chi connectivity index (χ0n) is 18.9. The van der Waals surface area contributed by atoms with Gasteiger partial charge in [0.2, 0.25) is 0 Å². The number of nitrogens with one attached hydrogen (secondary N) is 1. The number of rotatable bonds is 5. The van der Waals surface area contributed by atoms with E-state index in [9.17, 15) is 14.4 Å². The van der Waals surface area contributed by atoms with E-state index in [2.05, 4.69) is 19.2 Å². The third kappa shape index (κ3) is 4.50. The van der Waals surface area contributed by atoms with Gasteiger partial charge in [0.15, 0.2) is 17.3 Å². The predicted octanol–water partition coefficient (Wildman–Crippen LogP) is 3.79. The maximum Gasteiger partial charge on any atom is 0.336 e. The average molecular weight is 427 g/mol. The van der Waals surface area contributed by atoms with Gasteiger partial charge >= 0.3 is 11.9 Å². The Morgan fingerprint density at radius 3 is 2.52 bits per heavy atom. The van der Waals surface area contributed by atoms with Crippen molar-refractivity contribution in [1.82, 2.24) is 5.32 Å². The molecule has 7 nitrogen and oxygen atoms in total. The van der Waals surface area contributed by atoms with Gasteiger partial charge in [0.05, 0.1) is 19.3 Å². The summed E-state index contributed by atoms with van der Waals surface area (Å²) in [6, 6.07) is 5.11. The van der Waals surface area contributed by atoms with Crippen LogP contribution >= 0.6 is 0 Å². The summed E-state index contributed by atoms with van der Waals surface area (Å²) in [5, 5.41) is 3.28. The highest BCUT2D eigenvalue weighted by Crippen LogP contribution is 2.47. The molecule has 0 radical (unpaired) electrons. The van der Waals surface area contributed by atoms with Gasteiger partial charge in [0.25, 0.3) is 0 Å². The van der Waals surface area contributed by atoms with Crippen LogP contribution in [-0.4, -0.2) is 31.4 Å². The third-order valence-electron chi connectivity index (χ3n) is 5.50. The number of allylic oxidation sites excluding steroid dienone is 3. The van der Waals surface area contributed by atoms with E-state index in [4.69, 9.17) is 14.2 Å². The Hall–Kier alpha value is -3.09. The highest BCUT2D eigenvalue weighted by Gasteiger charge is 2.43. The van der Waals surface area contributed by atoms with Crippen molar-refractivity contribution in [2.24, 2.45) is 5.41 Å². The summed E-state index contributed by atoms with van der Waals surface area (Å²) in [4.78, 5) is 37.4. The molecular weight excluding hydrogens is 398 g/mol. The molecule has 1 heterocycles. The number of carbonyl (C=O) groups is 3. The molecule has 1 aromatic carbocycles. The molecule has 166 valence electrons. The van der Waals surface area contributed by atoms with E-state index in [1.165, 1.54) is 14.0 Å². The normalized spacial score (nSPS) is 20.1. The highest BCUT2D eigenvalue weighted by atomic mass is 16.6. The van der Waals surface area contributed by atoms with Crippen molar-refractivity contribution in [3.63, 3.8) is 0 Å². The fraction of sp³-hybridized carbons (Fsp3) is 0.458. The van der Waals surface area contributed by atoms with Crippen molar-refractivity contribution >= 4 is 17.7 Å². The number of ketones is 1. The lowest BCUT2D eigenvalue weighted by Gasteiger charge is -2.39. The number of hydrogen-bond acceptors (Lipinski definition) is 7. The molecular formula is C24H29NO6. The van der Waals surface area contributed by atoms with Gasteiger partial charge in [-0.1, -0.05) is 19.9 Å². The third-order valence-corrected chi connectivity index (χ3v) is 5.50. The van der Waals surface area contributed by atoms with Crippen LogP contribution < -0.4 is 14.8 Å². The van der Waals surface area contributed by atoms with E-state index in [0.29, 0.717) is 47.6 Å². The molecule has 0 bridgehead atoms. The number of esters is 2. The minimum absolute atomic E-state index is 0.000301. The topological polar surface area (TPSA) is 90.9 Å². The Labute approximate surface area is 182 Å². The van der Waals surface area contributed by atoms with Gasteiger partial charge in [-0.05, 0) is 43.4 Å². The van der Waals surface area contributed by atoms with Crippen LogP contribution in [-0.2, 0) is 19.1 Å². The largest absolute Gasteiger partial charge is 0.490 e. The van der Waals surface area contributed by atoms with Crippen LogP contribution in [0.2, 0.25) is 0 Å². The first-order valence-electron chi connectivity index (χ1n) is 10.4. The molecule has 3 rings (SSSR count). The molecule has 1 aliphatic carbocycles. The minimum Gasteiger partial charge on any atom is -0.490 e. The molecule has 0 saturated carbocycles. The molecule has 31 heavy (non-hydrogen) atoms. The lowest BCUT2D eigenvalue weighted by Crippen LogP contribution is -2.38. The van der Waals surface area contributed by atoms with Crippen molar-refractivity contribution in [2.75, 3.05) is 13.7 Å². The van der Waals surface area contributed by atoms with Crippen molar-refractivity contribution in [2.45, 2.75) is 53.4 Å². The number of ether oxygens (including phenoxy) is 3. The summed E-state index contributed by atoms with van der Waals surface area (Å²) >= 11 is 0. The van der Waals surface area contributed by atoms with Crippen molar-refractivity contribution < 1.29 is 28.6 Å². The van der Waals surface area contributed by atoms with Crippen molar-refractivity contribution in [3.8, 4) is 11.5 Å². The molecule has 0 amide bonds. The monoisotopic (exact) mass is 427 g/mol. The number of carbonyl (C=O) groups excluding carboxylic acids is 3. The predicted molar refractivity (Wildman–Crippen MR) is 115 cm³/mol. The van der Waals surface area contributed by atoms with Gasteiger partial charge in [-0.25, -0.2) is 4.79 Å². The molecule has 1 N–H and O–H groups in total. The maximum atomic E-state index is 13.2. The first kappa shape index (κ1) is 22.6. The van der Waals surface area contributed by atoms with Crippen LogP contribution in [0.5, 0.6) is 11.5 Å². The van der Waals surface area contributed by atoms with Crippen LogP contribution in [0.25, 0.3) is 0 Å². The highest BCUT2D eigenvalue weighted by molar-refractivity contribution is 6.04. The van der Waals surface area contributed by atoms with Gasteiger partial charge in [0, 0.05) is 36.2 Å². The summed E-state index contributed by atoms with van der Waals surface area (Å²) in [5.74, 6) is -0.894. The van der Waals surface area contributed by atoms with E-state index in [-0.39, 0.29) is 16.9 Å². The molecule has 1 atom stereocenters. The second kappa shape index (κ2) is 8.57. The van der Waals surface area contributed by atoms with Crippen LogP contribution in [0.4, 0.5) is 0 Å². The van der Waals surface area contributed by atoms with Crippen molar-refractivity contribution in [3.05, 3.63) is 46.3 Å². The molecule has 0 spiro atoms. The number of dihydropyridines is 1. The Morgan fingerprint density at radius 1 is 1.19 bits per heavy atom. The molecule has 0 aromatic heterocycles. The van der Waals surface area contributed by atoms with Crippen LogP contribution in [0.3, 0.4) is 0 Å². The fourth-order valence-corrected chi connectivity index (χ4v) is 4.36. The summed E-state index contributed by atoms with van der Waals surface area (Å²) in [6.45, 7) is 9.43. The zero-order chi connectivity index (χ0) is 22.9. The Balaban J connectivity index is 2.20. The maximum absolute atomic E-state index is 13.2. The molecule has 1 unspecified atom stereocenters. The van der Waals surface area contributed by atoms with E-state index in [1.807, 2.05) is 13.8 Å². The number of benzene rings is 1. The minimum atomic E-state index is -0.599. The average Bonchev–Trinajstić information content (AvgIpc) is 2.66. The summed E-state index contributed by atoms with van der Waals surface area (Å²) in [7, 11) is 1.32. The summed E-state index contributed by atoms with van der Waals surface area (Å²) < 4.78 is 16.0. The second-order valence-electron chi connectivity index (χ2n) is 8.65. The van der Waals surface area contributed by atoms with E-state index in [0.717, 1.165) is 5.70 Å². The number of hydrogen-bond donors (Lipinski definition) is 1. The standard InChI is InChI=1S/C24H29NO6/c1-7-30-19-10-15(8-9-18(19)31-14(3)26)21-20(23(28)29-6)13(2)25-16-11-24(4,5)12-17(27)22(16)21/h8-10,21,25H,7,11-12H2,1-6H3. The summed E-state index contributed by atoms with van der Waals surface area (Å²) in [5.41, 5.74) is 2.97. The van der Waals surface area contributed by atoms with Gasteiger partial charge < -0.3 is 19.5 Å². The van der Waals surface area contributed by atoms with Crippen molar-refractivity contribution in [1.29, 1.82) is 0 Å². The lowest BCUT2D eigenvalue weighted by atomic mass is 9.68. The van der Waals surface area contributed by atoms with Crippen LogP contribution in [0, 0.1) is 5.41 Å². The Bertz CT molecular complexity index is 1000. The molecule has 1 aromatic rings. The van der Waals surface area contributed by atoms with Gasteiger partial charge in [0.1, 0.15) is 0 Å². The number of methoxy groups -OCH3 is 1. The van der Waals surface area contributed by atoms with Crippen LogP contribution in [0.15, 0.2) is 40.7 Å². The summed E-state index contributed by atoms with van der Waals surface area (Å²) in [6.07, 6.45) is 1.08. The van der Waals surface area contributed by atoms with E-state index >= 15 is 0 Å². The lowest BCUT2D eigenvalue weighted by molar-refractivity contribution is -0.136. The quantitative estimate of drug-likeness (QED) is 0.565. The van der Waals surface area contributed by atoms with Gasteiger partial charge in [-0.2, -0.15) is 0 Å². The Kier molecular flexibility index (Phi) is 6.25. The van der Waals surface area contributed by atoms with E-state index in [1.54, 1.807) is 18.2 Å². The molecule has 0 fully saturated rings. The van der Waals surface area contributed by atoms with Gasteiger partial charge in [-0.15, -0.1) is 0 Å². The SMILES string of the molecule is CCOc1cc(C2C(C(=O)OC)=C(C)NC3=C2C(=O)CC(C)(C)C3)ccc1OC(C)=O. The fourth-order valence-electron chi connectivity index (χ4n) is 4.36. The second-order valence-corrected chi connectivity index (χ2v) is 8.65. The molecule has 1 aliphatic heterocycles. The first-order valence-corrected chi connectivity index (χ1v) is 10.4.